The summed E-state index contributed by atoms with van der Waals surface area (Å²) in [7, 11) is 0. The Morgan fingerprint density at radius 2 is 1.78 bits per heavy atom. The van der Waals surface area contributed by atoms with Crippen molar-refractivity contribution in [3.05, 3.63) is 0 Å². The summed E-state index contributed by atoms with van der Waals surface area (Å²) in [5, 5.41) is 11.5. The third-order valence-electron chi connectivity index (χ3n) is 5.41. The molecule has 4 aliphatic rings. The molecule has 0 aromatic carbocycles. The van der Waals surface area contributed by atoms with Gasteiger partial charge in [-0.05, 0) is 68.6 Å². The Hall–Kier alpha value is -1.04. The van der Waals surface area contributed by atoms with Crippen molar-refractivity contribution in [3.63, 3.8) is 0 Å². The Labute approximate surface area is 109 Å². The SMILES string of the molecule is CC(C#N)NC(=O)CC1C2CC3CC(C2)CC1C3. The van der Waals surface area contributed by atoms with Crippen molar-refractivity contribution in [2.75, 3.05) is 0 Å². The fraction of sp³-hybridized carbons (Fsp3) is 0.867. The van der Waals surface area contributed by atoms with Crippen molar-refractivity contribution < 1.29 is 4.79 Å². The molecule has 18 heavy (non-hydrogen) atoms. The summed E-state index contributed by atoms with van der Waals surface area (Å²) < 4.78 is 0. The first-order chi connectivity index (χ1) is 8.65. The first-order valence-electron chi connectivity index (χ1n) is 7.34. The van der Waals surface area contributed by atoms with Crippen LogP contribution in [-0.4, -0.2) is 11.9 Å². The maximum Gasteiger partial charge on any atom is 0.221 e. The normalized spacial score (nSPS) is 42.3. The maximum atomic E-state index is 11.9. The molecule has 0 radical (unpaired) electrons. The predicted octanol–water partition coefficient (Wildman–Crippen LogP) is 2.48. The molecule has 0 spiro atoms. The van der Waals surface area contributed by atoms with E-state index in [1.807, 2.05) is 0 Å². The van der Waals surface area contributed by atoms with Crippen LogP contribution in [0.1, 0.15) is 45.4 Å². The molecular formula is C15H22N2O. The quantitative estimate of drug-likeness (QED) is 0.831. The summed E-state index contributed by atoms with van der Waals surface area (Å²) in [5.41, 5.74) is 0. The van der Waals surface area contributed by atoms with E-state index >= 15 is 0 Å². The van der Waals surface area contributed by atoms with Crippen LogP contribution in [0.3, 0.4) is 0 Å². The van der Waals surface area contributed by atoms with Gasteiger partial charge in [0.15, 0.2) is 0 Å². The van der Waals surface area contributed by atoms with E-state index in [0.717, 1.165) is 23.7 Å². The van der Waals surface area contributed by atoms with E-state index in [1.54, 1.807) is 6.92 Å². The van der Waals surface area contributed by atoms with Crippen molar-refractivity contribution in [1.29, 1.82) is 5.26 Å². The van der Waals surface area contributed by atoms with Gasteiger partial charge in [-0.25, -0.2) is 0 Å². The molecule has 0 aromatic heterocycles. The first-order valence-corrected chi connectivity index (χ1v) is 7.34. The van der Waals surface area contributed by atoms with Crippen LogP contribution in [0.25, 0.3) is 0 Å². The Morgan fingerprint density at radius 3 is 2.28 bits per heavy atom. The molecule has 1 N–H and O–H groups in total. The molecule has 1 atom stereocenters. The summed E-state index contributed by atoms with van der Waals surface area (Å²) in [6.07, 6.45) is 7.55. The number of rotatable bonds is 3. The second kappa shape index (κ2) is 4.57. The lowest BCUT2D eigenvalue weighted by atomic mass is 9.51. The second-order valence-electron chi connectivity index (χ2n) is 6.72. The molecular weight excluding hydrogens is 224 g/mol. The van der Waals surface area contributed by atoms with Crippen LogP contribution in [0, 0.1) is 40.9 Å². The van der Waals surface area contributed by atoms with E-state index in [2.05, 4.69) is 11.4 Å². The first kappa shape index (κ1) is 12.0. The van der Waals surface area contributed by atoms with Crippen LogP contribution < -0.4 is 5.32 Å². The van der Waals surface area contributed by atoms with Crippen molar-refractivity contribution in [3.8, 4) is 6.07 Å². The molecule has 1 unspecified atom stereocenters. The van der Waals surface area contributed by atoms with Crippen LogP contribution in [0.5, 0.6) is 0 Å². The fourth-order valence-electron chi connectivity index (χ4n) is 4.92. The monoisotopic (exact) mass is 246 g/mol. The highest BCUT2D eigenvalue weighted by Crippen LogP contribution is 2.57. The minimum absolute atomic E-state index is 0.0847. The number of hydrogen-bond donors (Lipinski definition) is 1. The zero-order valence-electron chi connectivity index (χ0n) is 11.1. The lowest BCUT2D eigenvalue weighted by Gasteiger charge is -2.54. The fourth-order valence-corrected chi connectivity index (χ4v) is 4.92. The van der Waals surface area contributed by atoms with Gasteiger partial charge in [0.25, 0.3) is 0 Å². The highest BCUT2D eigenvalue weighted by Gasteiger charge is 2.48. The molecule has 3 heteroatoms. The smallest absolute Gasteiger partial charge is 0.221 e. The average molecular weight is 246 g/mol. The summed E-state index contributed by atoms with van der Waals surface area (Å²) >= 11 is 0. The maximum absolute atomic E-state index is 11.9. The van der Waals surface area contributed by atoms with Gasteiger partial charge in [0, 0.05) is 6.42 Å². The summed E-state index contributed by atoms with van der Waals surface area (Å²) in [6.45, 7) is 1.74. The van der Waals surface area contributed by atoms with Crippen molar-refractivity contribution in [2.24, 2.45) is 29.6 Å². The van der Waals surface area contributed by atoms with Gasteiger partial charge in [-0.2, -0.15) is 5.26 Å². The number of hydrogen-bond acceptors (Lipinski definition) is 2. The molecule has 0 aromatic rings. The van der Waals surface area contributed by atoms with Crippen LogP contribution in [0.4, 0.5) is 0 Å². The van der Waals surface area contributed by atoms with E-state index in [4.69, 9.17) is 5.26 Å². The van der Waals surface area contributed by atoms with Gasteiger partial charge in [0.05, 0.1) is 6.07 Å². The van der Waals surface area contributed by atoms with Crippen molar-refractivity contribution >= 4 is 5.91 Å². The zero-order chi connectivity index (χ0) is 12.7. The van der Waals surface area contributed by atoms with Crippen LogP contribution in [0.15, 0.2) is 0 Å². The number of amides is 1. The highest BCUT2D eigenvalue weighted by molar-refractivity contribution is 5.76. The number of nitriles is 1. The molecule has 0 aliphatic heterocycles. The largest absolute Gasteiger partial charge is 0.341 e. The third-order valence-corrected chi connectivity index (χ3v) is 5.41. The molecule has 3 nitrogen and oxygen atoms in total. The van der Waals surface area contributed by atoms with Crippen LogP contribution in [0.2, 0.25) is 0 Å². The number of carbonyl (C=O) groups is 1. The van der Waals surface area contributed by atoms with E-state index in [0.29, 0.717) is 12.3 Å². The Bertz CT molecular complexity index is 356. The minimum Gasteiger partial charge on any atom is -0.341 e. The van der Waals surface area contributed by atoms with Gasteiger partial charge in [-0.1, -0.05) is 0 Å². The van der Waals surface area contributed by atoms with E-state index in [-0.39, 0.29) is 11.9 Å². The van der Waals surface area contributed by atoms with Gasteiger partial charge < -0.3 is 5.32 Å². The standard InChI is InChI=1S/C15H22N2O/c1-9(8-16)17-15(18)7-14-12-3-10-2-11(5-12)6-13(14)4-10/h9-14H,2-7H2,1H3,(H,17,18). The Kier molecular flexibility index (Phi) is 3.05. The van der Waals surface area contributed by atoms with E-state index in [1.165, 1.54) is 32.1 Å². The third kappa shape index (κ3) is 2.13. The molecule has 4 bridgehead atoms. The van der Waals surface area contributed by atoms with Crippen LogP contribution >= 0.6 is 0 Å². The number of nitrogens with one attached hydrogen (secondary N) is 1. The average Bonchev–Trinajstić information content (AvgIpc) is 2.32. The van der Waals surface area contributed by atoms with Gasteiger partial charge >= 0.3 is 0 Å². The minimum atomic E-state index is -0.352. The lowest BCUT2D eigenvalue weighted by molar-refractivity contribution is -0.126. The Morgan fingerprint density at radius 1 is 1.22 bits per heavy atom. The van der Waals surface area contributed by atoms with Gasteiger partial charge in [-0.15, -0.1) is 0 Å². The molecule has 1 amide bonds. The molecule has 4 fully saturated rings. The zero-order valence-corrected chi connectivity index (χ0v) is 11.1. The molecule has 4 aliphatic carbocycles. The summed E-state index contributed by atoms with van der Waals surface area (Å²) in [5.74, 6) is 4.20. The number of carbonyl (C=O) groups excluding carboxylic acids is 1. The van der Waals surface area contributed by atoms with E-state index < -0.39 is 0 Å². The van der Waals surface area contributed by atoms with Gasteiger partial charge in [0.2, 0.25) is 5.91 Å². The topological polar surface area (TPSA) is 52.9 Å². The van der Waals surface area contributed by atoms with Crippen LogP contribution in [-0.2, 0) is 4.79 Å². The molecule has 0 saturated heterocycles. The number of nitrogens with zero attached hydrogens (tertiary/aromatic N) is 1. The van der Waals surface area contributed by atoms with E-state index in [9.17, 15) is 4.79 Å². The van der Waals surface area contributed by atoms with Crippen molar-refractivity contribution in [2.45, 2.75) is 51.5 Å². The van der Waals surface area contributed by atoms with Gasteiger partial charge in [0.1, 0.15) is 6.04 Å². The molecule has 0 heterocycles. The summed E-state index contributed by atoms with van der Waals surface area (Å²) in [6, 6.07) is 1.71. The van der Waals surface area contributed by atoms with Gasteiger partial charge in [-0.3, -0.25) is 4.79 Å². The second-order valence-corrected chi connectivity index (χ2v) is 6.72. The molecule has 4 rings (SSSR count). The Balaban J connectivity index is 1.60. The lowest BCUT2D eigenvalue weighted by Crippen LogP contribution is -2.47. The molecule has 98 valence electrons. The van der Waals surface area contributed by atoms with Crippen molar-refractivity contribution in [1.82, 2.24) is 5.32 Å². The predicted molar refractivity (Wildman–Crippen MR) is 68.4 cm³/mol. The molecule has 4 saturated carbocycles. The highest BCUT2D eigenvalue weighted by atomic mass is 16.1. The summed E-state index contributed by atoms with van der Waals surface area (Å²) in [4.78, 5) is 11.9.